The molecule has 4 aromatic carbocycles. The molecule has 106 valence electrons. The summed E-state index contributed by atoms with van der Waals surface area (Å²) in [5, 5.41) is 5.38. The molecule has 0 heterocycles. The van der Waals surface area contributed by atoms with Crippen LogP contribution < -0.4 is 0 Å². The molecule has 0 saturated heterocycles. The third-order valence-corrected chi connectivity index (χ3v) is 4.50. The molecule has 0 aliphatic heterocycles. The third-order valence-electron chi connectivity index (χ3n) is 4.50. The van der Waals surface area contributed by atoms with E-state index in [0.717, 1.165) is 0 Å². The van der Waals surface area contributed by atoms with Gasteiger partial charge in [-0.15, -0.1) is 0 Å². The molecule has 0 spiro atoms. The van der Waals surface area contributed by atoms with Crippen molar-refractivity contribution < 1.29 is 0 Å². The van der Waals surface area contributed by atoms with Crippen molar-refractivity contribution in [1.29, 1.82) is 0 Å². The zero-order chi connectivity index (χ0) is 15.1. The number of rotatable bonds is 1. The quantitative estimate of drug-likeness (QED) is 0.360. The first-order valence-electron chi connectivity index (χ1n) is 7.73. The Morgan fingerprint density at radius 3 is 2.00 bits per heavy atom. The van der Waals surface area contributed by atoms with Crippen LogP contribution in [0, 0.1) is 13.8 Å². The smallest absolute Gasteiger partial charge is 0.00697 e. The van der Waals surface area contributed by atoms with Crippen molar-refractivity contribution in [3.05, 3.63) is 83.9 Å². The fourth-order valence-electron chi connectivity index (χ4n) is 3.46. The number of aryl methyl sites for hydroxylation is 2. The highest BCUT2D eigenvalue weighted by atomic mass is 14.2. The highest BCUT2D eigenvalue weighted by Gasteiger charge is 2.12. The van der Waals surface area contributed by atoms with Gasteiger partial charge in [0.05, 0.1) is 0 Å². The number of hydrogen-bond donors (Lipinski definition) is 0. The van der Waals surface area contributed by atoms with Crippen LogP contribution in [-0.4, -0.2) is 0 Å². The lowest BCUT2D eigenvalue weighted by atomic mass is 9.88. The van der Waals surface area contributed by atoms with Gasteiger partial charge in [0.1, 0.15) is 0 Å². The molecule has 0 aliphatic rings. The topological polar surface area (TPSA) is 0 Å². The number of hydrogen-bond acceptors (Lipinski definition) is 0. The largest absolute Gasteiger partial charge is 0.0622 e. The van der Waals surface area contributed by atoms with Gasteiger partial charge in [-0.05, 0) is 52.1 Å². The summed E-state index contributed by atoms with van der Waals surface area (Å²) in [5.41, 5.74) is 5.32. The molecule has 0 unspecified atom stereocenters. The molecule has 0 fully saturated rings. The van der Waals surface area contributed by atoms with Crippen LogP contribution >= 0.6 is 0 Å². The second kappa shape index (κ2) is 4.99. The van der Waals surface area contributed by atoms with Gasteiger partial charge in [0.2, 0.25) is 0 Å². The molecule has 0 N–H and O–H groups in total. The van der Waals surface area contributed by atoms with Crippen molar-refractivity contribution >= 4 is 21.5 Å². The minimum atomic E-state index is 1.29. The second-order valence-corrected chi connectivity index (χ2v) is 5.96. The normalized spacial score (nSPS) is 11.2. The molecule has 0 amide bonds. The van der Waals surface area contributed by atoms with Gasteiger partial charge in [-0.1, -0.05) is 78.4 Å². The molecule has 4 rings (SSSR count). The molecule has 0 nitrogen and oxygen atoms in total. The van der Waals surface area contributed by atoms with Crippen molar-refractivity contribution in [2.24, 2.45) is 0 Å². The van der Waals surface area contributed by atoms with E-state index in [1.807, 2.05) is 0 Å². The third kappa shape index (κ3) is 1.92. The molecule has 0 aromatic heterocycles. The lowest BCUT2D eigenvalue weighted by Gasteiger charge is -2.15. The Hall–Kier alpha value is -2.60. The summed E-state index contributed by atoms with van der Waals surface area (Å²) in [4.78, 5) is 0. The van der Waals surface area contributed by atoms with Gasteiger partial charge >= 0.3 is 0 Å². The highest BCUT2D eigenvalue weighted by molar-refractivity contribution is 6.15. The van der Waals surface area contributed by atoms with E-state index in [9.17, 15) is 0 Å². The predicted molar refractivity (Wildman–Crippen MR) is 96.4 cm³/mol. The number of benzene rings is 4. The zero-order valence-electron chi connectivity index (χ0n) is 12.9. The Balaban J connectivity index is 2.25. The van der Waals surface area contributed by atoms with E-state index in [1.165, 1.54) is 43.8 Å². The molecule has 0 atom stereocenters. The Morgan fingerprint density at radius 2 is 1.23 bits per heavy atom. The van der Waals surface area contributed by atoms with E-state index < -0.39 is 0 Å². The average molecular weight is 282 g/mol. The molecule has 0 saturated carbocycles. The van der Waals surface area contributed by atoms with Gasteiger partial charge in [-0.2, -0.15) is 0 Å². The van der Waals surface area contributed by atoms with E-state index in [2.05, 4.69) is 86.6 Å². The van der Waals surface area contributed by atoms with Crippen molar-refractivity contribution in [2.75, 3.05) is 0 Å². The summed E-state index contributed by atoms with van der Waals surface area (Å²) in [6, 6.07) is 26.2. The van der Waals surface area contributed by atoms with Gasteiger partial charge in [0, 0.05) is 0 Å². The van der Waals surface area contributed by atoms with Crippen LogP contribution in [0.2, 0.25) is 0 Å². The maximum atomic E-state index is 2.30. The zero-order valence-corrected chi connectivity index (χ0v) is 12.9. The summed E-state index contributed by atoms with van der Waals surface area (Å²) >= 11 is 0. The number of fused-ring (bicyclic) bond motifs is 3. The van der Waals surface area contributed by atoms with Crippen molar-refractivity contribution in [1.82, 2.24) is 0 Å². The van der Waals surface area contributed by atoms with Crippen LogP contribution in [0.3, 0.4) is 0 Å². The fraction of sp³-hybridized carbons (Fsp3) is 0.0909. The minimum Gasteiger partial charge on any atom is -0.0622 e. The first-order valence-corrected chi connectivity index (χ1v) is 7.73. The second-order valence-electron chi connectivity index (χ2n) is 5.96. The molecule has 0 aliphatic carbocycles. The lowest BCUT2D eigenvalue weighted by molar-refractivity contribution is 1.48. The molecule has 4 aromatic rings. The first-order chi connectivity index (χ1) is 10.8. The molecule has 0 bridgehead atoms. The minimum absolute atomic E-state index is 1.29. The molecular weight excluding hydrogens is 264 g/mol. The predicted octanol–water partition coefficient (Wildman–Crippen LogP) is 6.28. The summed E-state index contributed by atoms with van der Waals surface area (Å²) in [7, 11) is 0. The van der Waals surface area contributed by atoms with E-state index in [0.29, 0.717) is 0 Å². The van der Waals surface area contributed by atoms with Crippen LogP contribution in [0.5, 0.6) is 0 Å². The monoisotopic (exact) mass is 282 g/mol. The van der Waals surface area contributed by atoms with Crippen molar-refractivity contribution in [3.8, 4) is 11.1 Å². The fourth-order valence-corrected chi connectivity index (χ4v) is 3.46. The highest BCUT2D eigenvalue weighted by Crippen LogP contribution is 2.38. The molecule has 22 heavy (non-hydrogen) atoms. The Labute approximate surface area is 131 Å². The van der Waals surface area contributed by atoms with Gasteiger partial charge < -0.3 is 0 Å². The van der Waals surface area contributed by atoms with Crippen LogP contribution in [0.15, 0.2) is 72.8 Å². The average Bonchev–Trinajstić information content (AvgIpc) is 2.56. The summed E-state index contributed by atoms with van der Waals surface area (Å²) < 4.78 is 0. The standard InChI is InChI=1S/C22H18/c1-15-12-13-18-16(2)22(17-8-4-3-5-9-17)20-11-7-6-10-19(20)21(18)14-15/h3-14H,1-2H3. The SMILES string of the molecule is Cc1ccc2c(C)c(-c3ccccc3)c3ccccc3c2c1. The Kier molecular flexibility index (Phi) is 2.97. The van der Waals surface area contributed by atoms with Crippen LogP contribution in [0.1, 0.15) is 11.1 Å². The van der Waals surface area contributed by atoms with Gasteiger partial charge in [-0.3, -0.25) is 0 Å². The Bertz CT molecular complexity index is 979. The maximum absolute atomic E-state index is 2.30. The van der Waals surface area contributed by atoms with Gasteiger partial charge in [0.25, 0.3) is 0 Å². The van der Waals surface area contributed by atoms with Crippen LogP contribution in [-0.2, 0) is 0 Å². The van der Waals surface area contributed by atoms with Crippen molar-refractivity contribution in [3.63, 3.8) is 0 Å². The van der Waals surface area contributed by atoms with E-state index in [1.54, 1.807) is 0 Å². The van der Waals surface area contributed by atoms with E-state index >= 15 is 0 Å². The van der Waals surface area contributed by atoms with E-state index in [-0.39, 0.29) is 0 Å². The van der Waals surface area contributed by atoms with Gasteiger partial charge in [0.15, 0.2) is 0 Å². The molecular formula is C22H18. The first kappa shape index (κ1) is 13.1. The van der Waals surface area contributed by atoms with Gasteiger partial charge in [-0.25, -0.2) is 0 Å². The van der Waals surface area contributed by atoms with Crippen molar-refractivity contribution in [2.45, 2.75) is 13.8 Å². The summed E-state index contributed by atoms with van der Waals surface area (Å²) in [6.07, 6.45) is 0. The maximum Gasteiger partial charge on any atom is -0.00697 e. The summed E-state index contributed by atoms with van der Waals surface area (Å²) in [6.45, 7) is 4.40. The summed E-state index contributed by atoms with van der Waals surface area (Å²) in [5.74, 6) is 0. The Morgan fingerprint density at radius 1 is 0.545 bits per heavy atom. The van der Waals surface area contributed by atoms with Crippen LogP contribution in [0.25, 0.3) is 32.7 Å². The molecule has 0 heteroatoms. The van der Waals surface area contributed by atoms with Crippen LogP contribution in [0.4, 0.5) is 0 Å². The lowest BCUT2D eigenvalue weighted by Crippen LogP contribution is -1.90. The van der Waals surface area contributed by atoms with E-state index in [4.69, 9.17) is 0 Å². The molecule has 0 radical (unpaired) electrons.